The third kappa shape index (κ3) is 12.5. The van der Waals surface area contributed by atoms with Crippen molar-refractivity contribution in [3.63, 3.8) is 0 Å². The van der Waals surface area contributed by atoms with Crippen molar-refractivity contribution in [2.75, 3.05) is 27.7 Å². The lowest BCUT2D eigenvalue weighted by Crippen LogP contribution is -2.61. The van der Waals surface area contributed by atoms with E-state index in [0.29, 0.717) is 13.0 Å². The Kier molecular flexibility index (Phi) is 17.7. The van der Waals surface area contributed by atoms with Crippen molar-refractivity contribution in [3.8, 4) is 0 Å². The zero-order valence-electron chi connectivity index (χ0n) is 38.5. The normalized spacial score (nSPS) is 42.2. The number of carbonyl (C=O) groups excluding carboxylic acids is 3. The van der Waals surface area contributed by atoms with Gasteiger partial charge in [0.2, 0.25) is 0 Å². The summed E-state index contributed by atoms with van der Waals surface area (Å²) in [6.45, 7) is 17.3. The average Bonchev–Trinajstić information content (AvgIpc) is 3.20. The Balaban J connectivity index is 1.81. The van der Waals surface area contributed by atoms with E-state index in [9.17, 15) is 29.7 Å². The number of ketones is 1. The number of carbonyl (C=O) groups is 3. The van der Waals surface area contributed by atoms with Gasteiger partial charge < -0.3 is 63.4 Å². The number of ether oxygens (including phenoxy) is 8. The van der Waals surface area contributed by atoms with Crippen LogP contribution in [0.4, 0.5) is 4.79 Å². The van der Waals surface area contributed by atoms with Crippen LogP contribution in [-0.4, -0.2) is 150 Å². The summed E-state index contributed by atoms with van der Waals surface area (Å²) in [7, 11) is 5.16. The molecule has 16 nitrogen and oxygen atoms in total. The molecule has 3 saturated heterocycles. The standard InChI is InChI=1S/C45H74N2O14/c1-14-33-45(10,53)37(48)29(6)46-23-25(2)21-43(8,52)39(27(4)35(28(5)40(50)58-33)59-34-22-44(9,54-13)38(49)30(7)57-34)61-41-36(32(47(11)12)20-26(3)56-41)60-42(51)55-24-31-18-16-15-17-19-31/h15-19,25-30,32-37,39,41,46,48,52-53H,14,20-24H2,1-13H3. The molecule has 0 aromatic heterocycles. The van der Waals surface area contributed by atoms with Gasteiger partial charge in [-0.25, -0.2) is 4.79 Å². The first-order chi connectivity index (χ1) is 28.4. The number of aliphatic hydroxyl groups is 3. The molecule has 3 aliphatic heterocycles. The van der Waals surface area contributed by atoms with Gasteiger partial charge in [0, 0.05) is 25.5 Å². The Morgan fingerprint density at radius 1 is 0.951 bits per heavy atom. The van der Waals surface area contributed by atoms with E-state index in [1.54, 1.807) is 48.5 Å². The van der Waals surface area contributed by atoms with E-state index in [1.165, 1.54) is 14.0 Å². The highest BCUT2D eigenvalue weighted by molar-refractivity contribution is 5.91. The van der Waals surface area contributed by atoms with Gasteiger partial charge in [-0.05, 0) is 99.9 Å². The maximum Gasteiger partial charge on any atom is 0.509 e. The number of aliphatic hydroxyl groups excluding tert-OH is 1. The van der Waals surface area contributed by atoms with E-state index in [-0.39, 0.29) is 43.7 Å². The molecule has 16 heteroatoms. The van der Waals surface area contributed by atoms with Crippen LogP contribution in [0.5, 0.6) is 0 Å². The highest BCUT2D eigenvalue weighted by atomic mass is 16.8. The predicted octanol–water partition coefficient (Wildman–Crippen LogP) is 4.13. The molecule has 0 aliphatic carbocycles. The average molecular weight is 867 g/mol. The van der Waals surface area contributed by atoms with Gasteiger partial charge in [-0.1, -0.05) is 51.1 Å². The maximum atomic E-state index is 14.4. The smallest absolute Gasteiger partial charge is 0.459 e. The highest BCUT2D eigenvalue weighted by Gasteiger charge is 2.53. The molecule has 3 heterocycles. The second-order valence-corrected chi connectivity index (χ2v) is 18.6. The fourth-order valence-electron chi connectivity index (χ4n) is 9.19. The minimum absolute atomic E-state index is 0.00652. The molecule has 4 N–H and O–H groups in total. The molecule has 348 valence electrons. The first-order valence-electron chi connectivity index (χ1n) is 21.8. The van der Waals surface area contributed by atoms with Crippen LogP contribution in [0.15, 0.2) is 30.3 Å². The molecule has 0 radical (unpaired) electrons. The fraction of sp³-hybridized carbons (Fsp3) is 0.800. The molecule has 1 aromatic rings. The van der Waals surface area contributed by atoms with E-state index >= 15 is 0 Å². The summed E-state index contributed by atoms with van der Waals surface area (Å²) < 4.78 is 49.5. The van der Waals surface area contributed by atoms with Gasteiger partial charge in [-0.2, -0.15) is 0 Å². The van der Waals surface area contributed by atoms with Crippen molar-refractivity contribution in [1.29, 1.82) is 0 Å². The van der Waals surface area contributed by atoms with E-state index in [4.69, 9.17) is 37.9 Å². The van der Waals surface area contributed by atoms with E-state index < -0.39 is 102 Å². The number of rotatable bonds is 10. The van der Waals surface area contributed by atoms with Crippen molar-refractivity contribution in [3.05, 3.63) is 35.9 Å². The third-order valence-electron chi connectivity index (χ3n) is 12.9. The minimum Gasteiger partial charge on any atom is -0.459 e. The van der Waals surface area contributed by atoms with Crippen molar-refractivity contribution >= 4 is 17.9 Å². The summed E-state index contributed by atoms with van der Waals surface area (Å²) in [5.74, 6) is -3.19. The van der Waals surface area contributed by atoms with E-state index in [2.05, 4.69) is 5.32 Å². The predicted molar refractivity (Wildman–Crippen MR) is 224 cm³/mol. The molecule has 4 rings (SSSR count). The molecule has 17 unspecified atom stereocenters. The van der Waals surface area contributed by atoms with Crippen LogP contribution in [0.25, 0.3) is 0 Å². The molecule has 0 amide bonds. The second kappa shape index (κ2) is 21.3. The number of cyclic esters (lactones) is 1. The number of benzene rings is 1. The second-order valence-electron chi connectivity index (χ2n) is 18.6. The van der Waals surface area contributed by atoms with Gasteiger partial charge in [0.05, 0.1) is 35.9 Å². The number of hydrogen-bond acceptors (Lipinski definition) is 16. The van der Waals surface area contributed by atoms with Crippen LogP contribution in [-0.2, 0) is 54.1 Å². The van der Waals surface area contributed by atoms with Gasteiger partial charge in [0.25, 0.3) is 0 Å². The largest absolute Gasteiger partial charge is 0.509 e. The van der Waals surface area contributed by atoms with Crippen LogP contribution in [0, 0.1) is 17.8 Å². The van der Waals surface area contributed by atoms with Crippen LogP contribution in [0.2, 0.25) is 0 Å². The summed E-state index contributed by atoms with van der Waals surface area (Å²) in [5.41, 5.74) is -4.00. The summed E-state index contributed by atoms with van der Waals surface area (Å²) in [4.78, 5) is 42.9. The van der Waals surface area contributed by atoms with Crippen molar-refractivity contribution in [1.82, 2.24) is 10.2 Å². The Bertz CT molecular complexity index is 1580. The molecule has 1 aromatic carbocycles. The van der Waals surface area contributed by atoms with Gasteiger partial charge in [0.1, 0.15) is 36.1 Å². The van der Waals surface area contributed by atoms with Crippen LogP contribution in [0.1, 0.15) is 100 Å². The molecule has 61 heavy (non-hydrogen) atoms. The number of nitrogens with zero attached hydrogens (tertiary/aromatic N) is 1. The maximum absolute atomic E-state index is 14.4. The molecule has 0 saturated carbocycles. The topological polar surface area (TPSA) is 201 Å². The Hall–Kier alpha value is -2.77. The number of nitrogens with one attached hydrogen (secondary N) is 1. The quantitative estimate of drug-likeness (QED) is 0.245. The first-order valence-corrected chi connectivity index (χ1v) is 21.8. The minimum atomic E-state index is -1.85. The van der Waals surface area contributed by atoms with E-state index in [0.717, 1.165) is 5.56 Å². The fourth-order valence-corrected chi connectivity index (χ4v) is 9.19. The molecule has 17 atom stereocenters. The number of esters is 1. The molecular formula is C45H74N2O14. The monoisotopic (exact) mass is 867 g/mol. The summed E-state index contributed by atoms with van der Waals surface area (Å²) in [6.07, 6.45) is -9.45. The summed E-state index contributed by atoms with van der Waals surface area (Å²) in [6, 6.07) is 8.18. The van der Waals surface area contributed by atoms with Crippen LogP contribution >= 0.6 is 0 Å². The SMILES string of the molecule is CCC1OC(=O)C(C)C(OC2CC(C)(OC)C(=O)C(C)O2)C(C)C(OC2OC(C)CC(N(C)C)C2OC(=O)OCc2ccccc2)C(C)(O)CC(C)CNC(C)C(O)C1(C)O. The lowest BCUT2D eigenvalue weighted by molar-refractivity contribution is -0.308. The van der Waals surface area contributed by atoms with Crippen molar-refractivity contribution in [2.45, 2.75) is 186 Å². The van der Waals surface area contributed by atoms with Crippen LogP contribution in [0.3, 0.4) is 0 Å². The number of hydrogen-bond donors (Lipinski definition) is 4. The van der Waals surface area contributed by atoms with E-state index in [1.807, 2.05) is 63.2 Å². The highest BCUT2D eigenvalue weighted by Crippen LogP contribution is 2.40. The van der Waals surface area contributed by atoms with Gasteiger partial charge in [-0.15, -0.1) is 0 Å². The first kappa shape index (κ1) is 50.9. The zero-order chi connectivity index (χ0) is 45.6. The molecule has 3 aliphatic rings. The van der Waals surface area contributed by atoms with Gasteiger partial charge in [0.15, 0.2) is 24.5 Å². The number of likely N-dealkylation sites (N-methyl/N-ethyl adjacent to an activating group) is 1. The number of methoxy groups -OCH3 is 1. The van der Waals surface area contributed by atoms with Gasteiger partial charge in [-0.3, -0.25) is 9.59 Å². The summed E-state index contributed by atoms with van der Waals surface area (Å²) >= 11 is 0. The van der Waals surface area contributed by atoms with Gasteiger partial charge >= 0.3 is 12.1 Å². The lowest BCUT2D eigenvalue weighted by atomic mass is 9.77. The van der Waals surface area contributed by atoms with Crippen LogP contribution < -0.4 is 5.32 Å². The molecule has 0 bridgehead atoms. The Morgan fingerprint density at radius 3 is 2.21 bits per heavy atom. The molecule has 3 fully saturated rings. The Labute approximate surface area is 362 Å². The van der Waals surface area contributed by atoms with Crippen molar-refractivity contribution in [2.24, 2.45) is 17.8 Å². The zero-order valence-corrected chi connectivity index (χ0v) is 38.5. The molecule has 0 spiro atoms. The summed E-state index contributed by atoms with van der Waals surface area (Å²) in [5, 5.41) is 39.1. The van der Waals surface area contributed by atoms with Crippen molar-refractivity contribution < 1.29 is 67.6 Å². The lowest BCUT2D eigenvalue weighted by Gasteiger charge is -2.48. The number of Topliss-reactive ketones (excluding diaryl/α,β-unsaturated/α-hetero) is 1. The third-order valence-corrected chi connectivity index (χ3v) is 12.9. The molecular weight excluding hydrogens is 792 g/mol. The Morgan fingerprint density at radius 2 is 1.61 bits per heavy atom.